The molecule has 0 aliphatic heterocycles. The van der Waals surface area contributed by atoms with E-state index < -0.39 is 17.4 Å². The van der Waals surface area contributed by atoms with Crippen molar-refractivity contribution in [3.8, 4) is 0 Å². The van der Waals surface area contributed by atoms with Gasteiger partial charge in [0.05, 0.1) is 11.8 Å². The minimum absolute atomic E-state index is 0.0264. The third-order valence-electron chi connectivity index (χ3n) is 3.88. The van der Waals surface area contributed by atoms with Crippen LogP contribution in [0.5, 0.6) is 0 Å². The Kier molecular flexibility index (Phi) is 3.85. The van der Waals surface area contributed by atoms with Crippen LogP contribution in [-0.2, 0) is 4.79 Å². The number of carbonyl (C=O) groups excluding carboxylic acids is 1. The molecule has 5 nitrogen and oxygen atoms in total. The fourth-order valence-electron chi connectivity index (χ4n) is 2.63. The van der Waals surface area contributed by atoms with Crippen LogP contribution < -0.4 is 5.32 Å². The van der Waals surface area contributed by atoms with Gasteiger partial charge in [0.25, 0.3) is 5.91 Å². The Hall–Kier alpha value is -1.49. The second kappa shape index (κ2) is 5.25. The largest absolute Gasteiger partial charge is 0.479 e. The number of amides is 1. The molecule has 2 N–H and O–H groups in total. The van der Waals surface area contributed by atoms with E-state index in [0.717, 1.165) is 19.3 Å². The summed E-state index contributed by atoms with van der Waals surface area (Å²) >= 11 is 5.74. The molecule has 2 atom stereocenters. The van der Waals surface area contributed by atoms with Crippen molar-refractivity contribution >= 4 is 23.5 Å². The first kappa shape index (κ1) is 13.9. The predicted molar refractivity (Wildman–Crippen MR) is 69.2 cm³/mol. The Morgan fingerprint density at radius 2 is 2.26 bits per heavy atom. The van der Waals surface area contributed by atoms with Crippen LogP contribution in [-0.4, -0.2) is 22.5 Å². The first-order valence-corrected chi connectivity index (χ1v) is 6.64. The van der Waals surface area contributed by atoms with Gasteiger partial charge in [0, 0.05) is 0 Å². The number of rotatable bonds is 3. The molecule has 6 heteroatoms. The van der Waals surface area contributed by atoms with Crippen LogP contribution in [0.2, 0.25) is 5.22 Å². The highest BCUT2D eigenvalue weighted by atomic mass is 35.5. The maximum absolute atomic E-state index is 12.1. The van der Waals surface area contributed by atoms with Crippen molar-refractivity contribution in [1.29, 1.82) is 0 Å². The number of aliphatic carboxylic acids is 1. The van der Waals surface area contributed by atoms with Crippen molar-refractivity contribution in [3.63, 3.8) is 0 Å². The van der Waals surface area contributed by atoms with Crippen molar-refractivity contribution in [3.05, 3.63) is 23.1 Å². The summed E-state index contributed by atoms with van der Waals surface area (Å²) in [5.74, 6) is -1.61. The summed E-state index contributed by atoms with van der Waals surface area (Å²) in [6.07, 6.45) is 4.29. The first-order valence-electron chi connectivity index (χ1n) is 6.26. The molecule has 1 heterocycles. The van der Waals surface area contributed by atoms with Gasteiger partial charge in [0.2, 0.25) is 5.22 Å². The van der Waals surface area contributed by atoms with Crippen molar-refractivity contribution in [2.24, 2.45) is 5.92 Å². The lowest BCUT2D eigenvalue weighted by Gasteiger charge is -2.39. The summed E-state index contributed by atoms with van der Waals surface area (Å²) < 4.78 is 4.85. The Morgan fingerprint density at radius 1 is 1.53 bits per heavy atom. The standard InChI is InChI=1S/C13H16ClNO4/c1-8-4-2-3-6-13(8,12(17)18)15-11(16)9-5-7-19-10(9)14/h5,7-8H,2-4,6H2,1H3,(H,15,16)(H,17,18). The normalized spacial score (nSPS) is 26.9. The molecule has 0 radical (unpaired) electrons. The van der Waals surface area contributed by atoms with E-state index in [1.807, 2.05) is 6.92 Å². The molecular weight excluding hydrogens is 270 g/mol. The highest BCUT2D eigenvalue weighted by molar-refractivity contribution is 6.32. The SMILES string of the molecule is CC1CCCCC1(NC(=O)c1ccoc1Cl)C(=O)O. The van der Waals surface area contributed by atoms with Crippen LogP contribution >= 0.6 is 11.6 Å². The fraction of sp³-hybridized carbons (Fsp3) is 0.538. The van der Waals surface area contributed by atoms with Crippen molar-refractivity contribution in [2.45, 2.75) is 38.1 Å². The molecule has 19 heavy (non-hydrogen) atoms. The molecule has 0 saturated heterocycles. The number of halogens is 1. The topological polar surface area (TPSA) is 79.5 Å². The van der Waals surface area contributed by atoms with Crippen LogP contribution in [0.25, 0.3) is 0 Å². The summed E-state index contributed by atoms with van der Waals surface area (Å²) in [4.78, 5) is 23.7. The van der Waals surface area contributed by atoms with E-state index in [-0.39, 0.29) is 16.7 Å². The molecule has 0 bridgehead atoms. The molecule has 2 unspecified atom stereocenters. The molecule has 1 aromatic rings. The monoisotopic (exact) mass is 285 g/mol. The maximum atomic E-state index is 12.1. The van der Waals surface area contributed by atoms with E-state index in [0.29, 0.717) is 6.42 Å². The third-order valence-corrected chi connectivity index (χ3v) is 4.17. The summed E-state index contributed by atoms with van der Waals surface area (Å²) in [6.45, 7) is 1.85. The highest BCUT2D eigenvalue weighted by Gasteiger charge is 2.46. The number of hydrogen-bond acceptors (Lipinski definition) is 3. The zero-order valence-corrected chi connectivity index (χ0v) is 11.4. The summed E-state index contributed by atoms with van der Waals surface area (Å²) in [6, 6.07) is 1.43. The molecule has 0 aromatic carbocycles. The first-order chi connectivity index (χ1) is 8.97. The van der Waals surface area contributed by atoms with Crippen LogP contribution in [0.15, 0.2) is 16.7 Å². The minimum atomic E-state index is -1.21. The Balaban J connectivity index is 2.24. The summed E-state index contributed by atoms with van der Waals surface area (Å²) in [5, 5.41) is 12.1. The van der Waals surface area contributed by atoms with Gasteiger partial charge in [0.15, 0.2) is 0 Å². The van der Waals surface area contributed by atoms with Gasteiger partial charge < -0.3 is 14.8 Å². The maximum Gasteiger partial charge on any atom is 0.329 e. The zero-order chi connectivity index (χ0) is 14.0. The smallest absolute Gasteiger partial charge is 0.329 e. The Morgan fingerprint density at radius 3 is 2.79 bits per heavy atom. The van der Waals surface area contributed by atoms with Crippen LogP contribution in [0.3, 0.4) is 0 Å². The highest BCUT2D eigenvalue weighted by Crippen LogP contribution is 2.34. The molecule has 1 amide bonds. The molecule has 1 fully saturated rings. The quantitative estimate of drug-likeness (QED) is 0.895. The minimum Gasteiger partial charge on any atom is -0.479 e. The van der Waals surface area contributed by atoms with E-state index in [9.17, 15) is 14.7 Å². The lowest BCUT2D eigenvalue weighted by molar-refractivity contribution is -0.148. The number of carbonyl (C=O) groups is 2. The van der Waals surface area contributed by atoms with Gasteiger partial charge in [-0.05, 0) is 36.4 Å². The Bertz CT molecular complexity index is 499. The van der Waals surface area contributed by atoms with Crippen molar-refractivity contribution in [2.75, 3.05) is 0 Å². The molecule has 1 saturated carbocycles. The number of nitrogens with one attached hydrogen (secondary N) is 1. The summed E-state index contributed by atoms with van der Waals surface area (Å²) in [5.41, 5.74) is -1.05. The van der Waals surface area contributed by atoms with Gasteiger partial charge in [0.1, 0.15) is 5.54 Å². The van der Waals surface area contributed by atoms with E-state index in [1.54, 1.807) is 0 Å². The van der Waals surface area contributed by atoms with Crippen molar-refractivity contribution in [1.82, 2.24) is 5.32 Å². The van der Waals surface area contributed by atoms with E-state index in [4.69, 9.17) is 16.0 Å². The average Bonchev–Trinajstić information content (AvgIpc) is 2.78. The van der Waals surface area contributed by atoms with Gasteiger partial charge in [-0.1, -0.05) is 19.8 Å². The van der Waals surface area contributed by atoms with Crippen LogP contribution in [0, 0.1) is 5.92 Å². The second-order valence-corrected chi connectivity index (χ2v) is 5.33. The molecule has 1 aromatic heterocycles. The van der Waals surface area contributed by atoms with Gasteiger partial charge >= 0.3 is 5.97 Å². The number of furan rings is 1. The van der Waals surface area contributed by atoms with Crippen molar-refractivity contribution < 1.29 is 19.1 Å². The number of carboxylic acid groups (broad SMARTS) is 1. The molecule has 2 rings (SSSR count). The van der Waals surface area contributed by atoms with Gasteiger partial charge in [-0.3, -0.25) is 4.79 Å². The van der Waals surface area contributed by atoms with Gasteiger partial charge in [-0.15, -0.1) is 0 Å². The predicted octanol–water partition coefficient (Wildman–Crippen LogP) is 2.70. The molecule has 104 valence electrons. The van der Waals surface area contributed by atoms with Crippen LogP contribution in [0.1, 0.15) is 43.0 Å². The number of hydrogen-bond donors (Lipinski definition) is 2. The lowest BCUT2D eigenvalue weighted by atomic mass is 9.73. The van der Waals surface area contributed by atoms with E-state index >= 15 is 0 Å². The number of carboxylic acids is 1. The molecule has 1 aliphatic carbocycles. The Labute approximate surface area is 115 Å². The van der Waals surface area contributed by atoms with Gasteiger partial charge in [-0.25, -0.2) is 4.79 Å². The van der Waals surface area contributed by atoms with E-state index in [2.05, 4.69) is 5.32 Å². The van der Waals surface area contributed by atoms with Gasteiger partial charge in [-0.2, -0.15) is 0 Å². The lowest BCUT2D eigenvalue weighted by Crippen LogP contribution is -2.60. The summed E-state index contributed by atoms with van der Waals surface area (Å²) in [7, 11) is 0. The molecule has 1 aliphatic rings. The fourth-order valence-corrected chi connectivity index (χ4v) is 2.83. The average molecular weight is 286 g/mol. The second-order valence-electron chi connectivity index (χ2n) is 4.99. The zero-order valence-electron chi connectivity index (χ0n) is 10.6. The van der Waals surface area contributed by atoms with E-state index in [1.165, 1.54) is 12.3 Å². The molecule has 0 spiro atoms. The van der Waals surface area contributed by atoms with Crippen LogP contribution in [0.4, 0.5) is 0 Å². The third kappa shape index (κ3) is 2.47. The molecular formula is C13H16ClNO4.